The maximum atomic E-state index is 12.0. The van der Waals surface area contributed by atoms with Crippen LogP contribution >= 0.6 is 0 Å². The molecule has 0 fully saturated rings. The molecule has 0 aliphatic carbocycles. The first-order valence-electron chi connectivity index (χ1n) is 5.97. The lowest BCUT2D eigenvalue weighted by Crippen LogP contribution is -2.49. The van der Waals surface area contributed by atoms with Gasteiger partial charge in [-0.3, -0.25) is 14.6 Å². The molecule has 0 aliphatic heterocycles. The summed E-state index contributed by atoms with van der Waals surface area (Å²) in [7, 11) is 0. The van der Waals surface area contributed by atoms with E-state index in [0.717, 1.165) is 0 Å². The Labute approximate surface area is 106 Å². The largest absolute Gasteiger partial charge is 0.481 e. The van der Waals surface area contributed by atoms with E-state index in [0.29, 0.717) is 18.4 Å². The summed E-state index contributed by atoms with van der Waals surface area (Å²) in [5.74, 6) is -1.20. The number of amides is 1. The van der Waals surface area contributed by atoms with Crippen LogP contribution in [0.3, 0.4) is 0 Å². The third-order valence-electron chi connectivity index (χ3n) is 3.15. The molecule has 0 atom stereocenters. The Hall–Kier alpha value is -1.91. The van der Waals surface area contributed by atoms with Crippen LogP contribution in [0.2, 0.25) is 0 Å². The molecule has 0 bridgehead atoms. The highest BCUT2D eigenvalue weighted by Crippen LogP contribution is 2.20. The van der Waals surface area contributed by atoms with Crippen LogP contribution in [0.1, 0.15) is 43.5 Å². The van der Waals surface area contributed by atoms with Gasteiger partial charge in [0.1, 0.15) is 0 Å². The fourth-order valence-corrected chi connectivity index (χ4v) is 1.82. The molecule has 0 saturated heterocycles. The van der Waals surface area contributed by atoms with Crippen LogP contribution in [-0.4, -0.2) is 27.5 Å². The van der Waals surface area contributed by atoms with Crippen molar-refractivity contribution in [2.75, 3.05) is 0 Å². The number of aromatic nitrogens is 1. The standard InChI is InChI=1S/C13H18N2O3/c1-3-13(4-2,8-11(16)17)15-12(18)10-6-5-7-14-9-10/h5-7,9H,3-4,8H2,1-2H3,(H,15,18)(H,16,17). The third-order valence-corrected chi connectivity index (χ3v) is 3.15. The topological polar surface area (TPSA) is 79.3 Å². The van der Waals surface area contributed by atoms with E-state index < -0.39 is 11.5 Å². The minimum Gasteiger partial charge on any atom is -0.481 e. The zero-order valence-corrected chi connectivity index (χ0v) is 10.6. The van der Waals surface area contributed by atoms with Crippen molar-refractivity contribution in [3.63, 3.8) is 0 Å². The van der Waals surface area contributed by atoms with Crippen molar-refractivity contribution in [1.82, 2.24) is 10.3 Å². The van der Waals surface area contributed by atoms with Gasteiger partial charge in [0.2, 0.25) is 0 Å². The number of carboxylic acids is 1. The molecule has 1 rings (SSSR count). The SMILES string of the molecule is CCC(CC)(CC(=O)O)NC(=O)c1cccnc1. The highest BCUT2D eigenvalue weighted by atomic mass is 16.4. The van der Waals surface area contributed by atoms with Gasteiger partial charge in [-0.2, -0.15) is 0 Å². The van der Waals surface area contributed by atoms with Gasteiger partial charge in [0.25, 0.3) is 5.91 Å². The normalized spacial score (nSPS) is 11.0. The van der Waals surface area contributed by atoms with E-state index in [-0.39, 0.29) is 12.3 Å². The predicted octanol–water partition coefficient (Wildman–Crippen LogP) is 1.84. The van der Waals surface area contributed by atoms with Crippen molar-refractivity contribution in [2.45, 2.75) is 38.6 Å². The van der Waals surface area contributed by atoms with Crippen molar-refractivity contribution >= 4 is 11.9 Å². The molecule has 5 heteroatoms. The third kappa shape index (κ3) is 3.55. The Balaban J connectivity index is 2.84. The number of aliphatic carboxylic acids is 1. The van der Waals surface area contributed by atoms with Gasteiger partial charge in [-0.15, -0.1) is 0 Å². The number of carbonyl (C=O) groups is 2. The van der Waals surface area contributed by atoms with E-state index in [2.05, 4.69) is 10.3 Å². The maximum absolute atomic E-state index is 12.0. The smallest absolute Gasteiger partial charge is 0.305 e. The second kappa shape index (κ2) is 6.14. The first-order valence-corrected chi connectivity index (χ1v) is 5.97. The molecule has 5 nitrogen and oxygen atoms in total. The van der Waals surface area contributed by atoms with Gasteiger partial charge in [-0.05, 0) is 25.0 Å². The molecule has 0 saturated carbocycles. The molecule has 98 valence electrons. The number of nitrogens with one attached hydrogen (secondary N) is 1. The first-order chi connectivity index (χ1) is 8.53. The zero-order chi connectivity index (χ0) is 13.6. The van der Waals surface area contributed by atoms with E-state index >= 15 is 0 Å². The molecule has 1 aromatic heterocycles. The van der Waals surface area contributed by atoms with Gasteiger partial charge in [0.05, 0.1) is 17.5 Å². The molecule has 0 radical (unpaired) electrons. The fourth-order valence-electron chi connectivity index (χ4n) is 1.82. The molecule has 0 spiro atoms. The quantitative estimate of drug-likeness (QED) is 0.807. The lowest BCUT2D eigenvalue weighted by molar-refractivity contribution is -0.138. The Morgan fingerprint density at radius 3 is 2.50 bits per heavy atom. The summed E-state index contributed by atoms with van der Waals surface area (Å²) in [6.07, 6.45) is 4.11. The van der Waals surface area contributed by atoms with Gasteiger partial charge in [-0.25, -0.2) is 0 Å². The number of nitrogens with zero attached hydrogens (tertiary/aromatic N) is 1. The lowest BCUT2D eigenvalue weighted by atomic mass is 9.88. The summed E-state index contributed by atoms with van der Waals surface area (Å²) in [6.45, 7) is 3.74. The van der Waals surface area contributed by atoms with Gasteiger partial charge in [0, 0.05) is 12.4 Å². The number of hydrogen-bond acceptors (Lipinski definition) is 3. The molecule has 1 aromatic rings. The number of carbonyl (C=O) groups excluding carboxylic acids is 1. The monoisotopic (exact) mass is 250 g/mol. The number of pyridine rings is 1. The number of carboxylic acid groups (broad SMARTS) is 1. The molecule has 1 heterocycles. The fraction of sp³-hybridized carbons (Fsp3) is 0.462. The molecular formula is C13H18N2O3. The van der Waals surface area contributed by atoms with E-state index in [1.165, 1.54) is 6.20 Å². The van der Waals surface area contributed by atoms with Gasteiger partial charge >= 0.3 is 5.97 Å². The van der Waals surface area contributed by atoms with Crippen LogP contribution in [0.5, 0.6) is 0 Å². The van der Waals surface area contributed by atoms with Gasteiger partial charge in [0.15, 0.2) is 0 Å². The summed E-state index contributed by atoms with van der Waals surface area (Å²) in [5, 5.41) is 11.7. The van der Waals surface area contributed by atoms with Crippen molar-refractivity contribution < 1.29 is 14.7 Å². The lowest BCUT2D eigenvalue weighted by Gasteiger charge is -2.31. The molecular weight excluding hydrogens is 232 g/mol. The van der Waals surface area contributed by atoms with E-state index in [1.807, 2.05) is 13.8 Å². The van der Waals surface area contributed by atoms with Crippen LogP contribution in [0, 0.1) is 0 Å². The van der Waals surface area contributed by atoms with E-state index in [1.54, 1.807) is 18.3 Å². The predicted molar refractivity (Wildman–Crippen MR) is 67.3 cm³/mol. The van der Waals surface area contributed by atoms with Crippen LogP contribution < -0.4 is 5.32 Å². The molecule has 18 heavy (non-hydrogen) atoms. The Bertz CT molecular complexity index is 414. The Morgan fingerprint density at radius 2 is 2.06 bits per heavy atom. The second-order valence-corrected chi connectivity index (χ2v) is 4.25. The molecule has 1 amide bonds. The first kappa shape index (κ1) is 14.2. The summed E-state index contributed by atoms with van der Waals surface area (Å²) in [4.78, 5) is 26.8. The van der Waals surface area contributed by atoms with Crippen molar-refractivity contribution in [3.05, 3.63) is 30.1 Å². The minimum absolute atomic E-state index is 0.0774. The molecule has 0 aliphatic rings. The maximum Gasteiger partial charge on any atom is 0.305 e. The van der Waals surface area contributed by atoms with E-state index in [4.69, 9.17) is 5.11 Å². The molecule has 0 unspecified atom stereocenters. The number of rotatable bonds is 6. The van der Waals surface area contributed by atoms with Crippen LogP contribution in [-0.2, 0) is 4.79 Å². The highest BCUT2D eigenvalue weighted by molar-refractivity contribution is 5.94. The Morgan fingerprint density at radius 1 is 1.39 bits per heavy atom. The van der Waals surface area contributed by atoms with Crippen LogP contribution in [0.4, 0.5) is 0 Å². The van der Waals surface area contributed by atoms with Crippen molar-refractivity contribution in [1.29, 1.82) is 0 Å². The van der Waals surface area contributed by atoms with Crippen LogP contribution in [0.15, 0.2) is 24.5 Å². The second-order valence-electron chi connectivity index (χ2n) is 4.25. The molecule has 2 N–H and O–H groups in total. The number of hydrogen-bond donors (Lipinski definition) is 2. The summed E-state index contributed by atoms with van der Waals surface area (Å²) in [5.41, 5.74) is -0.257. The zero-order valence-electron chi connectivity index (χ0n) is 10.6. The summed E-state index contributed by atoms with van der Waals surface area (Å²) in [6, 6.07) is 3.32. The average Bonchev–Trinajstić information content (AvgIpc) is 2.38. The van der Waals surface area contributed by atoms with Crippen LogP contribution in [0.25, 0.3) is 0 Å². The van der Waals surface area contributed by atoms with Gasteiger partial charge in [-0.1, -0.05) is 13.8 Å². The van der Waals surface area contributed by atoms with Gasteiger partial charge < -0.3 is 10.4 Å². The Kier molecular flexibility index (Phi) is 4.83. The minimum atomic E-state index is -0.912. The van der Waals surface area contributed by atoms with Crippen molar-refractivity contribution in [2.24, 2.45) is 0 Å². The van der Waals surface area contributed by atoms with E-state index in [9.17, 15) is 9.59 Å². The summed E-state index contributed by atoms with van der Waals surface area (Å²) >= 11 is 0. The van der Waals surface area contributed by atoms with Crippen molar-refractivity contribution in [3.8, 4) is 0 Å². The highest BCUT2D eigenvalue weighted by Gasteiger charge is 2.31. The molecule has 0 aromatic carbocycles. The average molecular weight is 250 g/mol. The summed E-state index contributed by atoms with van der Waals surface area (Å²) < 4.78 is 0.